The minimum absolute atomic E-state index is 0.0248. The number of nitro groups is 1. The molecule has 3 aromatic carbocycles. The van der Waals surface area contributed by atoms with Gasteiger partial charge in [0.1, 0.15) is 6.54 Å². The van der Waals surface area contributed by atoms with Gasteiger partial charge in [0.05, 0.1) is 21.7 Å². The number of hydrazone groups is 1. The van der Waals surface area contributed by atoms with E-state index in [4.69, 9.17) is 0 Å². The zero-order chi connectivity index (χ0) is 28.2. The maximum Gasteiger partial charge on any atom is 0.269 e. The third-order valence-electron chi connectivity index (χ3n) is 6.12. The smallest absolute Gasteiger partial charge is 0.269 e. The Labute approximate surface area is 226 Å². The van der Waals surface area contributed by atoms with Crippen molar-refractivity contribution >= 4 is 33.5 Å². The van der Waals surface area contributed by atoms with Gasteiger partial charge in [-0.25, -0.2) is 13.8 Å². The lowest BCUT2D eigenvalue weighted by Crippen LogP contribution is -2.39. The molecule has 0 spiro atoms. The number of sulfonamides is 1. The summed E-state index contributed by atoms with van der Waals surface area (Å²) in [6.07, 6.45) is 1.51. The van der Waals surface area contributed by atoms with E-state index in [9.17, 15) is 23.3 Å². The molecule has 0 aliphatic rings. The SMILES string of the molecule is Cc1ccc(-n2c(C)cc(/C=N/NC(=O)CN(c3ccc([N+](=O)[O-])cc3)S(=O)(=O)c3ccccc3)c2C)cc1. The molecule has 1 amide bonds. The molecular weight excluding hydrogens is 518 g/mol. The van der Waals surface area contributed by atoms with Crippen LogP contribution in [0.1, 0.15) is 22.5 Å². The summed E-state index contributed by atoms with van der Waals surface area (Å²) in [5, 5.41) is 15.1. The number of non-ortho nitro benzene ring substituents is 1. The van der Waals surface area contributed by atoms with Gasteiger partial charge >= 0.3 is 0 Å². The Balaban J connectivity index is 1.55. The molecule has 0 fully saturated rings. The number of aryl methyl sites for hydroxylation is 2. The summed E-state index contributed by atoms with van der Waals surface area (Å²) in [4.78, 5) is 23.3. The van der Waals surface area contributed by atoms with E-state index in [0.717, 1.165) is 32.5 Å². The monoisotopic (exact) mass is 545 g/mol. The molecule has 4 aromatic rings. The first kappa shape index (κ1) is 27.3. The first-order valence-corrected chi connectivity index (χ1v) is 13.4. The van der Waals surface area contributed by atoms with Gasteiger partial charge in [-0.3, -0.25) is 19.2 Å². The van der Waals surface area contributed by atoms with Crippen LogP contribution in [0.4, 0.5) is 11.4 Å². The Morgan fingerprint density at radius 3 is 2.26 bits per heavy atom. The molecule has 0 saturated heterocycles. The fourth-order valence-electron chi connectivity index (χ4n) is 4.12. The number of carbonyl (C=O) groups excluding carboxylic acids is 1. The average molecular weight is 546 g/mol. The number of nitrogens with zero attached hydrogens (tertiary/aromatic N) is 4. The van der Waals surface area contributed by atoms with Crippen molar-refractivity contribution in [2.45, 2.75) is 25.7 Å². The van der Waals surface area contributed by atoms with Crippen LogP contribution in [-0.4, -0.2) is 36.6 Å². The van der Waals surface area contributed by atoms with Crippen molar-refractivity contribution in [2.75, 3.05) is 10.8 Å². The van der Waals surface area contributed by atoms with Crippen molar-refractivity contribution in [3.05, 3.63) is 118 Å². The van der Waals surface area contributed by atoms with E-state index in [-0.39, 0.29) is 16.3 Å². The van der Waals surface area contributed by atoms with Gasteiger partial charge in [0.25, 0.3) is 21.6 Å². The topological polar surface area (TPSA) is 127 Å². The molecule has 10 nitrogen and oxygen atoms in total. The molecule has 200 valence electrons. The molecule has 0 aliphatic carbocycles. The second-order valence-corrected chi connectivity index (χ2v) is 10.8. The van der Waals surface area contributed by atoms with Crippen LogP contribution in [0.2, 0.25) is 0 Å². The van der Waals surface area contributed by atoms with Gasteiger partial charge in [0, 0.05) is 34.8 Å². The quantitative estimate of drug-likeness (QED) is 0.186. The fraction of sp³-hybridized carbons (Fsp3) is 0.143. The molecule has 4 rings (SSSR count). The normalized spacial score (nSPS) is 11.5. The second kappa shape index (κ2) is 11.3. The number of nitrogens with one attached hydrogen (secondary N) is 1. The number of rotatable bonds is 9. The summed E-state index contributed by atoms with van der Waals surface area (Å²) in [5.74, 6) is -0.684. The second-order valence-electron chi connectivity index (χ2n) is 8.89. The lowest BCUT2D eigenvalue weighted by atomic mass is 10.2. The zero-order valence-electron chi connectivity index (χ0n) is 21.6. The molecule has 0 atom stereocenters. The van der Waals surface area contributed by atoms with Crippen LogP contribution in [-0.2, 0) is 14.8 Å². The van der Waals surface area contributed by atoms with E-state index in [1.807, 2.05) is 51.1 Å². The molecule has 1 N–H and O–H groups in total. The van der Waals surface area contributed by atoms with E-state index in [0.29, 0.717) is 0 Å². The number of anilines is 1. The molecule has 0 saturated carbocycles. The van der Waals surface area contributed by atoms with Crippen molar-refractivity contribution in [2.24, 2.45) is 5.10 Å². The lowest BCUT2D eigenvalue weighted by molar-refractivity contribution is -0.384. The Hall–Kier alpha value is -4.77. The van der Waals surface area contributed by atoms with Gasteiger partial charge in [0.2, 0.25) is 0 Å². The van der Waals surface area contributed by atoms with Gasteiger partial charge in [-0.1, -0.05) is 35.9 Å². The Morgan fingerprint density at radius 2 is 1.64 bits per heavy atom. The summed E-state index contributed by atoms with van der Waals surface area (Å²) in [6, 6.07) is 22.6. The minimum Gasteiger partial charge on any atom is -0.318 e. The number of nitro benzene ring substituents is 1. The van der Waals surface area contributed by atoms with Crippen LogP contribution in [0.3, 0.4) is 0 Å². The molecule has 11 heteroatoms. The molecule has 39 heavy (non-hydrogen) atoms. The highest BCUT2D eigenvalue weighted by molar-refractivity contribution is 7.92. The first-order valence-electron chi connectivity index (χ1n) is 12.0. The maximum absolute atomic E-state index is 13.4. The van der Waals surface area contributed by atoms with Crippen molar-refractivity contribution < 1.29 is 18.1 Å². The Bertz CT molecular complexity index is 1630. The van der Waals surface area contributed by atoms with Crippen LogP contribution in [0.25, 0.3) is 5.69 Å². The van der Waals surface area contributed by atoms with Crippen LogP contribution in [0, 0.1) is 30.9 Å². The zero-order valence-corrected chi connectivity index (χ0v) is 22.4. The van der Waals surface area contributed by atoms with Crippen LogP contribution in [0.15, 0.2) is 94.9 Å². The predicted octanol–water partition coefficient (Wildman–Crippen LogP) is 4.66. The predicted molar refractivity (Wildman–Crippen MR) is 150 cm³/mol. The highest BCUT2D eigenvalue weighted by atomic mass is 32.2. The Kier molecular flexibility index (Phi) is 7.91. The van der Waals surface area contributed by atoms with E-state index < -0.39 is 27.4 Å². The average Bonchev–Trinajstić information content (AvgIpc) is 3.20. The van der Waals surface area contributed by atoms with Crippen LogP contribution in [0.5, 0.6) is 0 Å². The number of aromatic nitrogens is 1. The molecule has 1 aromatic heterocycles. The summed E-state index contributed by atoms with van der Waals surface area (Å²) in [7, 11) is -4.15. The third-order valence-corrected chi connectivity index (χ3v) is 7.91. The minimum atomic E-state index is -4.15. The number of benzene rings is 3. The molecule has 0 aliphatic heterocycles. The van der Waals surface area contributed by atoms with Crippen molar-refractivity contribution in [1.29, 1.82) is 0 Å². The van der Waals surface area contributed by atoms with Gasteiger partial charge in [-0.2, -0.15) is 5.10 Å². The van der Waals surface area contributed by atoms with E-state index in [1.54, 1.807) is 18.2 Å². The van der Waals surface area contributed by atoms with E-state index in [2.05, 4.69) is 15.1 Å². The number of hydrogen-bond donors (Lipinski definition) is 1. The summed E-state index contributed by atoms with van der Waals surface area (Å²) >= 11 is 0. The van der Waals surface area contributed by atoms with Gasteiger partial charge in [-0.15, -0.1) is 0 Å². The van der Waals surface area contributed by atoms with Crippen molar-refractivity contribution in [3.63, 3.8) is 0 Å². The summed E-state index contributed by atoms with van der Waals surface area (Å²) in [6.45, 7) is 5.35. The largest absolute Gasteiger partial charge is 0.318 e. The van der Waals surface area contributed by atoms with Crippen molar-refractivity contribution in [3.8, 4) is 5.69 Å². The number of carbonyl (C=O) groups is 1. The van der Waals surface area contributed by atoms with E-state index >= 15 is 0 Å². The third kappa shape index (κ3) is 6.04. The van der Waals surface area contributed by atoms with Crippen molar-refractivity contribution in [1.82, 2.24) is 9.99 Å². The molecular formula is C28H27N5O5S. The lowest BCUT2D eigenvalue weighted by Gasteiger charge is -2.23. The highest BCUT2D eigenvalue weighted by Crippen LogP contribution is 2.26. The van der Waals surface area contributed by atoms with E-state index in [1.165, 1.54) is 42.6 Å². The van der Waals surface area contributed by atoms with Crippen LogP contribution >= 0.6 is 0 Å². The molecule has 1 heterocycles. The number of amides is 1. The molecule has 0 bridgehead atoms. The van der Waals surface area contributed by atoms with Gasteiger partial charge in [-0.05, 0) is 63.2 Å². The van der Waals surface area contributed by atoms with Crippen LogP contribution < -0.4 is 9.73 Å². The first-order chi connectivity index (χ1) is 18.6. The summed E-state index contributed by atoms with van der Waals surface area (Å²) in [5.41, 5.74) is 7.16. The molecule has 0 radical (unpaired) electrons. The van der Waals surface area contributed by atoms with Gasteiger partial charge in [0.15, 0.2) is 0 Å². The highest BCUT2D eigenvalue weighted by Gasteiger charge is 2.27. The maximum atomic E-state index is 13.4. The molecule has 0 unspecified atom stereocenters. The summed E-state index contributed by atoms with van der Waals surface area (Å²) < 4.78 is 29.8. The Morgan fingerprint density at radius 1 is 1.00 bits per heavy atom. The number of hydrogen-bond acceptors (Lipinski definition) is 6. The standard InChI is InChI=1S/C28H27N5O5S/c1-20-9-11-25(12-10-20)32-21(2)17-23(22(32)3)18-29-30-28(34)19-31(24-13-15-26(16-14-24)33(35)36)39(37,38)27-7-5-4-6-8-27/h4-18H,19H2,1-3H3,(H,30,34)/b29-18+. The van der Waals surface area contributed by atoms with Gasteiger partial charge < -0.3 is 4.57 Å². The fourth-order valence-corrected chi connectivity index (χ4v) is 5.57.